The van der Waals surface area contributed by atoms with E-state index < -0.39 is 0 Å². The number of fused-ring (bicyclic) bond motifs is 12. The quantitative estimate of drug-likeness (QED) is 0.116. The Bertz CT molecular complexity index is 6460. The summed E-state index contributed by atoms with van der Waals surface area (Å²) < 4.78 is 19.1. The maximum absolute atomic E-state index is 9.38. The van der Waals surface area contributed by atoms with E-state index >= 15 is 0 Å². The normalized spacial score (nSPS) is 11.4. The van der Waals surface area contributed by atoms with Gasteiger partial charge < -0.3 is 18.5 Å². The summed E-state index contributed by atoms with van der Waals surface area (Å²) >= 11 is 3.47. The second kappa shape index (κ2) is 26.6. The lowest BCUT2D eigenvalue weighted by atomic mass is 9.85. The van der Waals surface area contributed by atoms with Crippen LogP contribution in [0.2, 0.25) is 0 Å². The zero-order valence-electron chi connectivity index (χ0n) is 55.3. The van der Waals surface area contributed by atoms with Gasteiger partial charge in [0.2, 0.25) is 0 Å². The fraction of sp³-hybridized carbons (Fsp3) is 0. The minimum atomic E-state index is 0.667. The third kappa shape index (κ3) is 11.3. The second-order valence-corrected chi connectivity index (χ2v) is 26.7. The Morgan fingerprint density at radius 3 is 0.902 bits per heavy atom. The zero-order valence-corrected chi connectivity index (χ0v) is 56.9. The van der Waals surface area contributed by atoms with Crippen molar-refractivity contribution in [2.75, 3.05) is 0 Å². The lowest BCUT2D eigenvalue weighted by Gasteiger charge is -2.18. The van der Waals surface area contributed by atoms with Crippen molar-refractivity contribution in [3.63, 3.8) is 0 Å². The molecular weight excluding hydrogens is 1310 g/mol. The molecule has 6 heteroatoms. The van der Waals surface area contributed by atoms with Gasteiger partial charge in [-0.3, -0.25) is 0 Å². The Labute approximate surface area is 598 Å². The van der Waals surface area contributed by atoms with Crippen LogP contribution in [-0.4, -0.2) is 12.7 Å². The van der Waals surface area contributed by atoms with Gasteiger partial charge in [-0.25, -0.2) is 0 Å². The van der Waals surface area contributed by atoms with Crippen LogP contribution in [-0.2, 0) is 0 Å². The largest absolute Gasteiger partial charge is 0.569 e. The number of rotatable bonds is 9. The summed E-state index contributed by atoms with van der Waals surface area (Å²) in [7, 11) is 0.756. The van der Waals surface area contributed by atoms with E-state index in [-0.39, 0.29) is 0 Å². The molecule has 0 unspecified atom stereocenters. The molecule has 0 bridgehead atoms. The number of furan rings is 2. The number of halogens is 1. The molecule has 0 saturated heterocycles. The van der Waals surface area contributed by atoms with Crippen LogP contribution in [0.4, 0.5) is 0 Å². The van der Waals surface area contributed by atoms with Crippen LogP contribution in [0, 0.1) is 0 Å². The van der Waals surface area contributed by atoms with Crippen molar-refractivity contribution in [2.45, 2.75) is 0 Å². The number of hydrogen-bond donors (Lipinski definition) is 1. The molecule has 1 N–H and O–H groups in total. The predicted molar refractivity (Wildman–Crippen MR) is 433 cm³/mol. The van der Waals surface area contributed by atoms with Crippen molar-refractivity contribution < 1.29 is 18.5 Å². The average Bonchev–Trinajstić information content (AvgIpc) is 1.07. The molecule has 0 aliphatic rings. The van der Waals surface area contributed by atoms with Gasteiger partial charge in [-0.05, 0) is 157 Å². The van der Waals surface area contributed by atoms with E-state index in [4.69, 9.17) is 13.5 Å². The molecule has 2 aromatic heterocycles. The van der Waals surface area contributed by atoms with Gasteiger partial charge in [-0.15, -0.1) is 0 Å². The Morgan fingerprint density at radius 2 is 0.520 bits per heavy atom. The lowest BCUT2D eigenvalue weighted by Crippen LogP contribution is -2.01. The molecule has 0 aliphatic carbocycles. The Kier molecular flexibility index (Phi) is 16.1. The number of para-hydroxylation sites is 4. The standard InChI is InChI=1S/C48H30O.C30H20BO2.C18H11BrO/c1-2-11-36-30-37(29-22-31(36)10-1)32-20-25-34(26-21-32)46-40-13-3-5-15-42(40)47(43-16-6-4-14-41(43)46)35-27-23-33(24-28-35)38-17-9-18-44-39-12-7-8-19-45(39)49-48(38)44;32-31-33-30-27-11-5-3-9-25(27)29(26-10-4-6-12-28(26)30)22-16-13-21(14-17-22)24-18-15-20-7-1-2-8-23(20)19-24;19-13-10-8-12(9-11-13)14-5-3-6-16-15-4-1-2-7-17(15)20-18(14)16/h1-30H;1-19,32H;1-11H. The zero-order chi connectivity index (χ0) is 68.0. The molecule has 1 radical (unpaired) electrons. The Hall–Kier alpha value is -12.6. The van der Waals surface area contributed by atoms with E-state index in [1.165, 1.54) is 98.4 Å². The summed E-state index contributed by atoms with van der Waals surface area (Å²) in [6.07, 6.45) is 0. The first-order valence-electron chi connectivity index (χ1n) is 34.3. The van der Waals surface area contributed by atoms with Crippen LogP contribution >= 0.6 is 15.9 Å². The van der Waals surface area contributed by atoms with Gasteiger partial charge in [-0.1, -0.05) is 344 Å². The van der Waals surface area contributed by atoms with Crippen LogP contribution in [0.1, 0.15) is 0 Å². The van der Waals surface area contributed by atoms with Crippen LogP contribution in [0.5, 0.6) is 5.75 Å². The molecule has 18 aromatic carbocycles. The van der Waals surface area contributed by atoms with E-state index in [0.29, 0.717) is 5.75 Å². The SMILES string of the molecule is Brc1ccc(-c2cccc3c2oc2ccccc23)cc1.O[B]Oc1c2ccccc2c(-c2ccc(-c3ccc4ccccc4c3)cc2)c2ccccc12.c1ccc2cc(-c3ccc(-c4c5ccccc5c(-c5ccc(-c6cccc7c6oc6ccccc67)cc5)c5ccccc45)cc3)ccc2c1. The van der Waals surface area contributed by atoms with Crippen LogP contribution in [0.15, 0.2) is 377 Å². The van der Waals surface area contributed by atoms with E-state index in [0.717, 1.165) is 100 Å². The van der Waals surface area contributed by atoms with Gasteiger partial charge in [0.1, 0.15) is 28.1 Å². The van der Waals surface area contributed by atoms with Crippen molar-refractivity contribution in [1.29, 1.82) is 0 Å². The highest BCUT2D eigenvalue weighted by Gasteiger charge is 2.21. The summed E-state index contributed by atoms with van der Waals surface area (Å²) in [5.41, 5.74) is 20.4. The molecule has 479 valence electrons. The van der Waals surface area contributed by atoms with Crippen molar-refractivity contribution in [3.05, 3.63) is 368 Å². The van der Waals surface area contributed by atoms with E-state index in [2.05, 4.69) is 313 Å². The predicted octanol–water partition coefficient (Wildman–Crippen LogP) is 27.1. The van der Waals surface area contributed by atoms with Gasteiger partial charge >= 0.3 is 7.69 Å². The molecule has 4 nitrogen and oxygen atoms in total. The van der Waals surface area contributed by atoms with Gasteiger partial charge in [0.15, 0.2) is 0 Å². The molecule has 20 rings (SSSR count). The van der Waals surface area contributed by atoms with Crippen LogP contribution in [0.25, 0.3) is 186 Å². The van der Waals surface area contributed by atoms with E-state index in [1.54, 1.807) is 0 Å². The maximum atomic E-state index is 9.38. The lowest BCUT2D eigenvalue weighted by molar-refractivity contribution is 0.459. The van der Waals surface area contributed by atoms with Gasteiger partial charge in [0, 0.05) is 47.9 Å². The first-order chi connectivity index (χ1) is 50.5. The third-order valence-electron chi connectivity index (χ3n) is 19.9. The monoisotopic (exact) mass is 1370 g/mol. The molecule has 20 aromatic rings. The topological polar surface area (TPSA) is 55.7 Å². The fourth-order valence-electron chi connectivity index (χ4n) is 15.1. The minimum Gasteiger partial charge on any atom is -0.537 e. The minimum absolute atomic E-state index is 0.667. The maximum Gasteiger partial charge on any atom is 0.569 e. The van der Waals surface area contributed by atoms with Gasteiger partial charge in [0.25, 0.3) is 0 Å². The first kappa shape index (κ1) is 61.7. The highest BCUT2D eigenvalue weighted by molar-refractivity contribution is 9.10. The van der Waals surface area contributed by atoms with Crippen molar-refractivity contribution in [3.8, 4) is 83.6 Å². The fourth-order valence-corrected chi connectivity index (χ4v) is 15.4. The first-order valence-corrected chi connectivity index (χ1v) is 35.1. The highest BCUT2D eigenvalue weighted by atomic mass is 79.9. The Morgan fingerprint density at radius 1 is 0.235 bits per heavy atom. The Balaban J connectivity index is 0.000000121. The molecule has 102 heavy (non-hydrogen) atoms. The molecular formula is C96H61BBrO4. The molecule has 0 amide bonds. The molecule has 0 atom stereocenters. The summed E-state index contributed by atoms with van der Waals surface area (Å²) in [4.78, 5) is 0. The molecule has 0 fully saturated rings. The van der Waals surface area contributed by atoms with Crippen LogP contribution < -0.4 is 4.65 Å². The smallest absolute Gasteiger partial charge is 0.537 e. The van der Waals surface area contributed by atoms with Crippen LogP contribution in [0.3, 0.4) is 0 Å². The molecule has 0 saturated carbocycles. The molecule has 2 heterocycles. The number of hydrogen-bond acceptors (Lipinski definition) is 4. The van der Waals surface area contributed by atoms with Crippen molar-refractivity contribution in [2.24, 2.45) is 0 Å². The highest BCUT2D eigenvalue weighted by Crippen LogP contribution is 2.47. The van der Waals surface area contributed by atoms with Gasteiger partial charge in [0.05, 0.1) is 0 Å². The summed E-state index contributed by atoms with van der Waals surface area (Å²) in [5.74, 6) is 0.667. The summed E-state index contributed by atoms with van der Waals surface area (Å²) in [6, 6.07) is 129. The van der Waals surface area contributed by atoms with E-state index in [1.807, 2.05) is 66.7 Å². The van der Waals surface area contributed by atoms with Crippen molar-refractivity contribution in [1.82, 2.24) is 0 Å². The summed E-state index contributed by atoms with van der Waals surface area (Å²) in [5, 5.41) is 28.2. The average molecular weight is 1370 g/mol. The number of benzene rings is 18. The van der Waals surface area contributed by atoms with Crippen molar-refractivity contribution >= 4 is 132 Å². The van der Waals surface area contributed by atoms with Gasteiger partial charge in [-0.2, -0.15) is 0 Å². The summed E-state index contributed by atoms with van der Waals surface area (Å²) in [6.45, 7) is 0. The third-order valence-corrected chi connectivity index (χ3v) is 20.5. The molecule has 0 aliphatic heterocycles. The second-order valence-electron chi connectivity index (χ2n) is 25.8. The van der Waals surface area contributed by atoms with E-state index in [9.17, 15) is 5.02 Å². The molecule has 0 spiro atoms.